The van der Waals surface area contributed by atoms with Gasteiger partial charge in [-0.3, -0.25) is 4.79 Å². The molecule has 0 bridgehead atoms. The number of carbonyl (C=O) groups excluding carboxylic acids is 1. The lowest BCUT2D eigenvalue weighted by Gasteiger charge is -1.98. The Morgan fingerprint density at radius 3 is 2.82 bits per heavy atom. The van der Waals surface area contributed by atoms with Crippen LogP contribution in [0.2, 0.25) is 0 Å². The number of carbonyl (C=O) groups is 1. The summed E-state index contributed by atoms with van der Waals surface area (Å²) in [5.74, 6) is 1.74. The Morgan fingerprint density at radius 1 is 1.55 bits per heavy atom. The molecule has 0 aliphatic carbocycles. The molecule has 0 spiro atoms. The first-order chi connectivity index (χ1) is 5.31. The minimum atomic E-state index is -0.134. The molecule has 0 aromatic rings. The van der Waals surface area contributed by atoms with E-state index in [1.807, 2.05) is 0 Å². The Hall–Kier alpha value is -0.220. The van der Waals surface area contributed by atoms with Gasteiger partial charge in [0.2, 0.25) is 0 Å². The summed E-state index contributed by atoms with van der Waals surface area (Å²) < 4.78 is 4.48. The van der Waals surface area contributed by atoms with Crippen LogP contribution in [0.3, 0.4) is 0 Å². The Labute approximate surface area is 71.7 Å². The van der Waals surface area contributed by atoms with Gasteiger partial charge in [0.05, 0.1) is 13.5 Å². The zero-order valence-corrected chi connectivity index (χ0v) is 7.65. The van der Waals surface area contributed by atoms with Crippen molar-refractivity contribution in [1.82, 2.24) is 0 Å². The van der Waals surface area contributed by atoms with Crippen molar-refractivity contribution >= 4 is 17.7 Å². The summed E-state index contributed by atoms with van der Waals surface area (Å²) >= 11 is 1.74. The molecule has 0 unspecified atom stereocenters. The van der Waals surface area contributed by atoms with Gasteiger partial charge in [0.25, 0.3) is 0 Å². The highest BCUT2D eigenvalue weighted by atomic mass is 32.2. The van der Waals surface area contributed by atoms with Crippen molar-refractivity contribution in [2.24, 2.45) is 5.73 Å². The first-order valence-electron chi connectivity index (χ1n) is 3.66. The summed E-state index contributed by atoms with van der Waals surface area (Å²) in [5, 5.41) is 0. The molecule has 0 aliphatic rings. The highest BCUT2D eigenvalue weighted by Crippen LogP contribution is 2.03. The minimum Gasteiger partial charge on any atom is -0.469 e. The Balaban J connectivity index is 2.95. The van der Waals surface area contributed by atoms with Crippen LogP contribution in [0.15, 0.2) is 0 Å². The van der Waals surface area contributed by atoms with Gasteiger partial charge in [-0.1, -0.05) is 0 Å². The van der Waals surface area contributed by atoms with Crippen molar-refractivity contribution in [2.45, 2.75) is 12.8 Å². The average Bonchev–Trinajstić information content (AvgIpc) is 2.04. The van der Waals surface area contributed by atoms with Crippen LogP contribution < -0.4 is 5.73 Å². The van der Waals surface area contributed by atoms with Crippen LogP contribution in [0.1, 0.15) is 12.8 Å². The summed E-state index contributed by atoms with van der Waals surface area (Å²) in [6, 6.07) is 0. The Bertz CT molecular complexity index is 109. The van der Waals surface area contributed by atoms with Gasteiger partial charge in [0, 0.05) is 5.75 Å². The van der Waals surface area contributed by atoms with E-state index >= 15 is 0 Å². The van der Waals surface area contributed by atoms with Crippen LogP contribution in [0.25, 0.3) is 0 Å². The molecule has 0 radical (unpaired) electrons. The van der Waals surface area contributed by atoms with Gasteiger partial charge in [0.1, 0.15) is 0 Å². The predicted molar refractivity (Wildman–Crippen MR) is 47.6 cm³/mol. The molecular formula is C7H15NO2S. The molecule has 0 aromatic heterocycles. The number of thioether (sulfide) groups is 1. The lowest BCUT2D eigenvalue weighted by molar-refractivity contribution is -0.140. The molecule has 0 aromatic carbocycles. The lowest BCUT2D eigenvalue weighted by atomic mass is 10.5. The van der Waals surface area contributed by atoms with Crippen molar-refractivity contribution in [3.05, 3.63) is 0 Å². The van der Waals surface area contributed by atoms with Crippen molar-refractivity contribution in [1.29, 1.82) is 0 Å². The van der Waals surface area contributed by atoms with Crippen LogP contribution in [0.5, 0.6) is 0 Å². The fraction of sp³-hybridized carbons (Fsp3) is 0.857. The average molecular weight is 177 g/mol. The third-order valence-corrected chi connectivity index (χ3v) is 2.24. The molecule has 0 saturated heterocycles. The van der Waals surface area contributed by atoms with E-state index in [4.69, 9.17) is 5.73 Å². The van der Waals surface area contributed by atoms with E-state index in [0.717, 1.165) is 24.5 Å². The van der Waals surface area contributed by atoms with E-state index in [1.165, 1.54) is 7.11 Å². The maximum atomic E-state index is 10.6. The highest BCUT2D eigenvalue weighted by Gasteiger charge is 1.98. The second-order valence-electron chi connectivity index (χ2n) is 2.08. The minimum absolute atomic E-state index is 0.134. The number of ether oxygens (including phenoxy) is 1. The molecule has 0 amide bonds. The Morgan fingerprint density at radius 2 is 2.27 bits per heavy atom. The fourth-order valence-corrected chi connectivity index (χ4v) is 1.43. The van der Waals surface area contributed by atoms with Gasteiger partial charge in [-0.15, -0.1) is 0 Å². The van der Waals surface area contributed by atoms with E-state index in [0.29, 0.717) is 6.42 Å². The molecular weight excluding hydrogens is 162 g/mol. The topological polar surface area (TPSA) is 52.3 Å². The number of rotatable bonds is 6. The first kappa shape index (κ1) is 10.8. The van der Waals surface area contributed by atoms with Gasteiger partial charge in [-0.25, -0.2) is 0 Å². The van der Waals surface area contributed by atoms with E-state index in [1.54, 1.807) is 11.8 Å². The fourth-order valence-electron chi connectivity index (χ4n) is 0.545. The second kappa shape index (κ2) is 7.88. The van der Waals surface area contributed by atoms with Crippen molar-refractivity contribution in [3.8, 4) is 0 Å². The maximum absolute atomic E-state index is 10.6. The largest absolute Gasteiger partial charge is 0.469 e. The third-order valence-electron chi connectivity index (χ3n) is 1.17. The molecule has 66 valence electrons. The number of hydrogen-bond donors (Lipinski definition) is 1. The lowest BCUT2D eigenvalue weighted by Crippen LogP contribution is -2.03. The quantitative estimate of drug-likeness (QED) is 0.477. The van der Waals surface area contributed by atoms with Crippen LogP contribution >= 0.6 is 11.8 Å². The van der Waals surface area contributed by atoms with E-state index in [2.05, 4.69) is 4.74 Å². The summed E-state index contributed by atoms with van der Waals surface area (Å²) in [4.78, 5) is 10.6. The van der Waals surface area contributed by atoms with Gasteiger partial charge >= 0.3 is 5.97 Å². The van der Waals surface area contributed by atoms with Crippen LogP contribution in [-0.4, -0.2) is 31.1 Å². The van der Waals surface area contributed by atoms with Gasteiger partial charge in [0.15, 0.2) is 0 Å². The van der Waals surface area contributed by atoms with Crippen LogP contribution in [0, 0.1) is 0 Å². The van der Waals surface area contributed by atoms with Gasteiger partial charge < -0.3 is 10.5 Å². The number of esters is 1. The van der Waals surface area contributed by atoms with Gasteiger partial charge in [-0.05, 0) is 18.7 Å². The highest BCUT2D eigenvalue weighted by molar-refractivity contribution is 7.99. The normalized spacial score (nSPS) is 9.64. The smallest absolute Gasteiger partial charge is 0.306 e. The zero-order chi connectivity index (χ0) is 8.53. The molecule has 4 heteroatoms. The molecule has 0 rings (SSSR count). The molecule has 0 saturated carbocycles. The summed E-state index contributed by atoms with van der Waals surface area (Å²) in [6.45, 7) is 0.727. The number of nitrogens with two attached hydrogens (primary N) is 1. The molecule has 0 heterocycles. The summed E-state index contributed by atoms with van der Waals surface area (Å²) in [5.41, 5.74) is 5.29. The Kier molecular flexibility index (Phi) is 7.72. The van der Waals surface area contributed by atoms with Crippen LogP contribution in [-0.2, 0) is 9.53 Å². The van der Waals surface area contributed by atoms with Gasteiger partial charge in [-0.2, -0.15) is 11.8 Å². The number of hydrogen-bond acceptors (Lipinski definition) is 4. The standard InChI is InChI=1S/C7H15NO2S/c1-10-7(9)3-6-11-5-2-4-8/h2-6,8H2,1H3. The van der Waals surface area contributed by atoms with E-state index in [-0.39, 0.29) is 5.97 Å². The maximum Gasteiger partial charge on any atom is 0.306 e. The molecule has 0 aliphatic heterocycles. The van der Waals surface area contributed by atoms with E-state index in [9.17, 15) is 4.79 Å². The molecule has 0 atom stereocenters. The predicted octanol–water partition coefficient (Wildman–Crippen LogP) is 0.631. The zero-order valence-electron chi connectivity index (χ0n) is 6.84. The van der Waals surface area contributed by atoms with Crippen LogP contribution in [0.4, 0.5) is 0 Å². The second-order valence-corrected chi connectivity index (χ2v) is 3.31. The molecule has 2 N–H and O–H groups in total. The van der Waals surface area contributed by atoms with Crippen molar-refractivity contribution in [3.63, 3.8) is 0 Å². The SMILES string of the molecule is COC(=O)CCSCCCN. The summed E-state index contributed by atoms with van der Waals surface area (Å²) in [6.07, 6.45) is 1.53. The first-order valence-corrected chi connectivity index (χ1v) is 4.81. The molecule has 3 nitrogen and oxygen atoms in total. The monoisotopic (exact) mass is 177 g/mol. The van der Waals surface area contributed by atoms with Crippen molar-refractivity contribution in [2.75, 3.05) is 25.2 Å². The third kappa shape index (κ3) is 7.68. The summed E-state index contributed by atoms with van der Waals surface area (Å²) in [7, 11) is 1.41. The van der Waals surface area contributed by atoms with E-state index < -0.39 is 0 Å². The molecule has 11 heavy (non-hydrogen) atoms. The molecule has 0 fully saturated rings. The van der Waals surface area contributed by atoms with Crippen molar-refractivity contribution < 1.29 is 9.53 Å². The number of methoxy groups -OCH3 is 1.